The van der Waals surface area contributed by atoms with Gasteiger partial charge in [0, 0.05) is 39.8 Å². The van der Waals surface area contributed by atoms with Crippen molar-refractivity contribution in [1.29, 1.82) is 0 Å². The molecule has 0 heterocycles. The molecule has 3 amide bonds. The zero-order valence-electron chi connectivity index (χ0n) is 17.7. The van der Waals surface area contributed by atoms with Crippen molar-refractivity contribution in [2.24, 2.45) is 0 Å². The first-order valence-corrected chi connectivity index (χ1v) is 10.6. The molecule has 3 aromatic carbocycles. The average molecular weight is 472 g/mol. The van der Waals surface area contributed by atoms with Crippen LogP contribution in [0, 0.1) is 6.92 Å². The third kappa shape index (κ3) is 6.23. The van der Waals surface area contributed by atoms with Crippen LogP contribution in [-0.2, 0) is 4.74 Å². The van der Waals surface area contributed by atoms with Gasteiger partial charge in [0.05, 0.1) is 13.2 Å². The van der Waals surface area contributed by atoms with Crippen LogP contribution >= 0.6 is 23.2 Å². The van der Waals surface area contributed by atoms with Crippen LogP contribution < -0.4 is 15.5 Å². The summed E-state index contributed by atoms with van der Waals surface area (Å²) >= 11 is 11.8. The Morgan fingerprint density at radius 3 is 1.97 bits per heavy atom. The third-order valence-electron chi connectivity index (χ3n) is 4.71. The monoisotopic (exact) mass is 471 g/mol. The summed E-state index contributed by atoms with van der Waals surface area (Å²) in [6, 6.07) is 18.6. The van der Waals surface area contributed by atoms with Gasteiger partial charge in [0.25, 0.3) is 5.91 Å². The number of hydrogen-bond donors (Lipinski definition) is 2. The summed E-state index contributed by atoms with van der Waals surface area (Å²) in [6.07, 6.45) is 0. The standard InChI is InChI=1S/C24H23Cl2N3O3/c1-16-15-17(23(30)27-20-8-4-18(25)5-9-20)3-12-22(16)29(13-14-32-2)24(31)28-21-10-6-19(26)7-11-21/h3-12,15H,13-14H2,1-2H3,(H,27,30)(H,28,31). The minimum Gasteiger partial charge on any atom is -0.383 e. The molecule has 0 aliphatic rings. The highest BCUT2D eigenvalue weighted by atomic mass is 35.5. The summed E-state index contributed by atoms with van der Waals surface area (Å²) in [7, 11) is 1.58. The minimum atomic E-state index is -0.314. The summed E-state index contributed by atoms with van der Waals surface area (Å²) < 4.78 is 5.17. The molecule has 0 unspecified atom stereocenters. The Balaban J connectivity index is 1.78. The highest BCUT2D eigenvalue weighted by Crippen LogP contribution is 2.24. The van der Waals surface area contributed by atoms with E-state index in [9.17, 15) is 9.59 Å². The zero-order chi connectivity index (χ0) is 23.1. The molecule has 2 N–H and O–H groups in total. The van der Waals surface area contributed by atoms with E-state index in [2.05, 4.69) is 10.6 Å². The van der Waals surface area contributed by atoms with Gasteiger partial charge in [-0.2, -0.15) is 0 Å². The molecule has 0 aliphatic heterocycles. The van der Waals surface area contributed by atoms with Gasteiger partial charge in [-0.3, -0.25) is 9.69 Å². The Kier molecular flexibility index (Phi) is 8.11. The molecule has 0 aromatic heterocycles. The number of ether oxygens (including phenoxy) is 1. The van der Waals surface area contributed by atoms with E-state index in [4.69, 9.17) is 27.9 Å². The van der Waals surface area contributed by atoms with E-state index in [0.29, 0.717) is 45.8 Å². The Morgan fingerprint density at radius 2 is 1.44 bits per heavy atom. The quantitative estimate of drug-likeness (QED) is 0.428. The molecular formula is C24H23Cl2N3O3. The molecule has 3 rings (SSSR count). The van der Waals surface area contributed by atoms with Gasteiger partial charge in [-0.1, -0.05) is 23.2 Å². The molecule has 0 saturated carbocycles. The second kappa shape index (κ2) is 11.0. The lowest BCUT2D eigenvalue weighted by Gasteiger charge is -2.25. The first kappa shape index (κ1) is 23.6. The molecule has 166 valence electrons. The van der Waals surface area contributed by atoms with E-state index < -0.39 is 0 Å². The Bertz CT molecular complexity index is 1090. The molecule has 0 atom stereocenters. The van der Waals surface area contributed by atoms with Crippen LogP contribution in [0.5, 0.6) is 0 Å². The number of anilines is 3. The van der Waals surface area contributed by atoms with Crippen LogP contribution in [-0.4, -0.2) is 32.2 Å². The minimum absolute atomic E-state index is 0.254. The highest BCUT2D eigenvalue weighted by Gasteiger charge is 2.19. The smallest absolute Gasteiger partial charge is 0.326 e. The van der Waals surface area contributed by atoms with Gasteiger partial charge >= 0.3 is 6.03 Å². The van der Waals surface area contributed by atoms with Crippen molar-refractivity contribution >= 4 is 52.2 Å². The number of nitrogens with zero attached hydrogens (tertiary/aromatic N) is 1. The molecule has 6 nitrogen and oxygen atoms in total. The van der Waals surface area contributed by atoms with Crippen molar-refractivity contribution in [3.8, 4) is 0 Å². The first-order chi connectivity index (χ1) is 15.4. The van der Waals surface area contributed by atoms with E-state index in [-0.39, 0.29) is 11.9 Å². The van der Waals surface area contributed by atoms with Gasteiger partial charge in [-0.15, -0.1) is 0 Å². The first-order valence-electron chi connectivity index (χ1n) is 9.88. The van der Waals surface area contributed by atoms with Crippen molar-refractivity contribution in [3.05, 3.63) is 87.9 Å². The number of urea groups is 1. The molecule has 0 bridgehead atoms. The second-order valence-corrected chi connectivity index (χ2v) is 7.92. The summed E-state index contributed by atoms with van der Waals surface area (Å²) in [5, 5.41) is 6.87. The zero-order valence-corrected chi connectivity index (χ0v) is 19.2. The fraction of sp³-hybridized carbons (Fsp3) is 0.167. The van der Waals surface area contributed by atoms with Crippen LogP contribution in [0.2, 0.25) is 10.0 Å². The van der Waals surface area contributed by atoms with Gasteiger partial charge in [0.15, 0.2) is 0 Å². The second-order valence-electron chi connectivity index (χ2n) is 7.04. The van der Waals surface area contributed by atoms with Crippen LogP contribution in [0.1, 0.15) is 15.9 Å². The maximum absolute atomic E-state index is 13.0. The number of amides is 3. The predicted octanol–water partition coefficient (Wildman–Crippen LogP) is 6.24. The predicted molar refractivity (Wildman–Crippen MR) is 130 cm³/mol. The largest absolute Gasteiger partial charge is 0.383 e. The van der Waals surface area contributed by atoms with Crippen LogP contribution in [0.3, 0.4) is 0 Å². The lowest BCUT2D eigenvalue weighted by atomic mass is 10.1. The van der Waals surface area contributed by atoms with E-state index in [0.717, 1.165) is 5.56 Å². The summed E-state index contributed by atoms with van der Waals surface area (Å²) in [5.41, 5.74) is 3.20. The molecule has 0 radical (unpaired) electrons. The summed E-state index contributed by atoms with van der Waals surface area (Å²) in [6.45, 7) is 2.54. The number of rotatable bonds is 7. The molecule has 32 heavy (non-hydrogen) atoms. The molecule has 8 heteroatoms. The van der Waals surface area contributed by atoms with E-state index in [1.165, 1.54) is 0 Å². The van der Waals surface area contributed by atoms with Crippen LogP contribution in [0.25, 0.3) is 0 Å². The van der Waals surface area contributed by atoms with Gasteiger partial charge in [-0.25, -0.2) is 4.79 Å². The van der Waals surface area contributed by atoms with Gasteiger partial charge in [0.1, 0.15) is 0 Å². The molecule has 0 aliphatic carbocycles. The van der Waals surface area contributed by atoms with Crippen molar-refractivity contribution in [2.75, 3.05) is 35.8 Å². The number of carbonyl (C=O) groups is 2. The Labute approximate surface area is 197 Å². The van der Waals surface area contributed by atoms with Crippen molar-refractivity contribution in [2.45, 2.75) is 6.92 Å². The topological polar surface area (TPSA) is 70.7 Å². The molecular weight excluding hydrogens is 449 g/mol. The summed E-state index contributed by atoms with van der Waals surface area (Å²) in [4.78, 5) is 27.2. The number of aryl methyl sites for hydroxylation is 1. The number of benzene rings is 3. The fourth-order valence-electron chi connectivity index (χ4n) is 3.07. The maximum Gasteiger partial charge on any atom is 0.326 e. The number of halogens is 2. The SMILES string of the molecule is COCCN(C(=O)Nc1ccc(Cl)cc1)c1ccc(C(=O)Nc2ccc(Cl)cc2)cc1C. The van der Waals surface area contributed by atoms with Crippen molar-refractivity contribution in [1.82, 2.24) is 0 Å². The average Bonchev–Trinajstić information content (AvgIpc) is 2.78. The lowest BCUT2D eigenvalue weighted by molar-refractivity contribution is 0.102. The number of hydrogen-bond acceptors (Lipinski definition) is 3. The van der Waals surface area contributed by atoms with Gasteiger partial charge in [0.2, 0.25) is 0 Å². The molecule has 0 saturated heterocycles. The van der Waals surface area contributed by atoms with Crippen molar-refractivity contribution < 1.29 is 14.3 Å². The summed E-state index contributed by atoms with van der Waals surface area (Å²) in [5.74, 6) is -0.254. The van der Waals surface area contributed by atoms with Crippen molar-refractivity contribution in [3.63, 3.8) is 0 Å². The third-order valence-corrected chi connectivity index (χ3v) is 5.22. The van der Waals surface area contributed by atoms with Gasteiger partial charge < -0.3 is 15.4 Å². The molecule has 0 spiro atoms. The number of nitrogens with one attached hydrogen (secondary N) is 2. The Hall–Kier alpha value is -3.06. The maximum atomic E-state index is 13.0. The number of carbonyl (C=O) groups excluding carboxylic acids is 2. The fourth-order valence-corrected chi connectivity index (χ4v) is 3.33. The van der Waals surface area contributed by atoms with E-state index in [1.807, 2.05) is 6.92 Å². The number of methoxy groups -OCH3 is 1. The molecule has 0 fully saturated rings. The normalized spacial score (nSPS) is 10.5. The van der Waals surface area contributed by atoms with E-state index in [1.54, 1.807) is 78.7 Å². The van der Waals surface area contributed by atoms with Crippen LogP contribution in [0.4, 0.5) is 21.9 Å². The van der Waals surface area contributed by atoms with Crippen LogP contribution in [0.15, 0.2) is 66.7 Å². The molecule has 3 aromatic rings. The highest BCUT2D eigenvalue weighted by molar-refractivity contribution is 6.31. The van der Waals surface area contributed by atoms with E-state index >= 15 is 0 Å². The lowest BCUT2D eigenvalue weighted by Crippen LogP contribution is -2.38. The van der Waals surface area contributed by atoms with Gasteiger partial charge in [-0.05, 0) is 79.2 Å². The Morgan fingerprint density at radius 1 is 0.875 bits per heavy atom.